The van der Waals surface area contributed by atoms with Gasteiger partial charge in [0.25, 0.3) is 0 Å². The second-order valence-corrected chi connectivity index (χ2v) is 7.14. The Bertz CT molecular complexity index is 889. The average molecular weight is 419 g/mol. The molecule has 1 fully saturated rings. The molecule has 2 aliphatic rings. The number of rotatable bonds is 2. The van der Waals surface area contributed by atoms with Gasteiger partial charge in [-0.25, -0.2) is 4.39 Å². The van der Waals surface area contributed by atoms with E-state index < -0.39 is 11.7 Å². The molecule has 1 saturated heterocycles. The number of carbonyl (C=O) groups excluding carboxylic acids is 2. The monoisotopic (exact) mass is 418 g/mol. The summed E-state index contributed by atoms with van der Waals surface area (Å²) >= 11 is 3.44. The first-order valence-electron chi connectivity index (χ1n) is 8.34. The van der Waals surface area contributed by atoms with Gasteiger partial charge in [-0.1, -0.05) is 18.2 Å². The van der Waals surface area contributed by atoms with Crippen molar-refractivity contribution in [2.24, 2.45) is 5.92 Å². The van der Waals surface area contributed by atoms with Crippen LogP contribution >= 0.6 is 15.9 Å². The third-order valence-electron chi connectivity index (χ3n) is 4.68. The Labute approximate surface area is 158 Å². The van der Waals surface area contributed by atoms with E-state index in [0.29, 0.717) is 12.4 Å². The normalized spacial score (nSPS) is 19.3. The van der Waals surface area contributed by atoms with Crippen LogP contribution < -0.4 is 14.5 Å². The Morgan fingerprint density at radius 3 is 2.81 bits per heavy atom. The summed E-state index contributed by atoms with van der Waals surface area (Å²) < 4.78 is 20.5. The summed E-state index contributed by atoms with van der Waals surface area (Å²) in [7, 11) is 0. The van der Waals surface area contributed by atoms with Crippen molar-refractivity contribution in [1.82, 2.24) is 0 Å². The van der Waals surface area contributed by atoms with Crippen molar-refractivity contribution in [3.05, 3.63) is 52.8 Å². The minimum atomic E-state index is -0.514. The summed E-state index contributed by atoms with van der Waals surface area (Å²) in [5.74, 6) is -1.01. The number of halogens is 2. The van der Waals surface area contributed by atoms with Gasteiger partial charge >= 0.3 is 0 Å². The fourth-order valence-corrected chi connectivity index (χ4v) is 3.95. The van der Waals surface area contributed by atoms with Crippen molar-refractivity contribution in [2.45, 2.75) is 6.42 Å². The van der Waals surface area contributed by atoms with E-state index in [2.05, 4.69) is 15.9 Å². The van der Waals surface area contributed by atoms with Gasteiger partial charge in [0.1, 0.15) is 18.0 Å². The highest BCUT2D eigenvalue weighted by atomic mass is 79.9. The molecule has 2 amide bonds. The smallest absolute Gasteiger partial charge is 0.232 e. The molecule has 0 N–H and O–H groups in total. The molecule has 0 spiro atoms. The van der Waals surface area contributed by atoms with Gasteiger partial charge in [-0.3, -0.25) is 9.59 Å². The number of benzene rings is 2. The Morgan fingerprint density at radius 2 is 2.00 bits per heavy atom. The molecule has 134 valence electrons. The quantitative estimate of drug-likeness (QED) is 0.750. The van der Waals surface area contributed by atoms with Crippen molar-refractivity contribution in [3.63, 3.8) is 0 Å². The van der Waals surface area contributed by atoms with E-state index in [0.717, 1.165) is 10.2 Å². The Kier molecular flexibility index (Phi) is 4.40. The van der Waals surface area contributed by atoms with Crippen molar-refractivity contribution < 1.29 is 18.7 Å². The second kappa shape index (κ2) is 6.72. The lowest BCUT2D eigenvalue weighted by atomic mass is 10.1. The van der Waals surface area contributed by atoms with Gasteiger partial charge in [0.15, 0.2) is 5.82 Å². The molecule has 0 aliphatic carbocycles. The lowest BCUT2D eigenvalue weighted by Gasteiger charge is -2.31. The van der Waals surface area contributed by atoms with Crippen LogP contribution in [0.25, 0.3) is 0 Å². The van der Waals surface area contributed by atoms with Crippen LogP contribution in [0.4, 0.5) is 15.8 Å². The van der Waals surface area contributed by atoms with Crippen LogP contribution in [0.1, 0.15) is 6.42 Å². The lowest BCUT2D eigenvalue weighted by Crippen LogP contribution is -2.42. The van der Waals surface area contributed by atoms with Gasteiger partial charge in [0.05, 0.1) is 18.2 Å². The molecular formula is C19H16BrFN2O3. The molecule has 0 bridgehead atoms. The number of hydrogen-bond acceptors (Lipinski definition) is 3. The van der Waals surface area contributed by atoms with E-state index in [1.54, 1.807) is 17.0 Å². The molecule has 0 aromatic heterocycles. The average Bonchev–Trinajstić information content (AvgIpc) is 3.03. The van der Waals surface area contributed by atoms with E-state index >= 15 is 0 Å². The molecule has 2 aliphatic heterocycles. The van der Waals surface area contributed by atoms with Crippen LogP contribution in [0.2, 0.25) is 0 Å². The SMILES string of the molecule is O=C1C[C@H](C(=O)N2CCOc3cccc(F)c32)CN1c1ccccc1Br. The molecule has 2 aromatic carbocycles. The summed E-state index contributed by atoms with van der Waals surface area (Å²) in [6.07, 6.45) is 0.112. The minimum Gasteiger partial charge on any atom is -0.489 e. The summed E-state index contributed by atoms with van der Waals surface area (Å²) in [5, 5.41) is 0. The van der Waals surface area contributed by atoms with Crippen molar-refractivity contribution >= 4 is 39.1 Å². The van der Waals surface area contributed by atoms with Crippen molar-refractivity contribution in [1.29, 1.82) is 0 Å². The maximum atomic E-state index is 14.3. The summed E-state index contributed by atoms with van der Waals surface area (Å²) in [6.45, 7) is 0.852. The first-order chi connectivity index (χ1) is 12.6. The zero-order chi connectivity index (χ0) is 18.3. The molecule has 26 heavy (non-hydrogen) atoms. The van der Waals surface area contributed by atoms with E-state index in [4.69, 9.17) is 4.74 Å². The van der Waals surface area contributed by atoms with Gasteiger partial charge in [-0.05, 0) is 40.2 Å². The maximum absolute atomic E-state index is 14.3. The van der Waals surface area contributed by atoms with E-state index in [1.165, 1.54) is 11.0 Å². The third-order valence-corrected chi connectivity index (χ3v) is 5.35. The van der Waals surface area contributed by atoms with E-state index in [-0.39, 0.29) is 37.0 Å². The van der Waals surface area contributed by atoms with Crippen LogP contribution in [0.15, 0.2) is 46.9 Å². The number of anilines is 2. The number of amides is 2. The maximum Gasteiger partial charge on any atom is 0.232 e. The Balaban J connectivity index is 1.60. The zero-order valence-electron chi connectivity index (χ0n) is 13.8. The van der Waals surface area contributed by atoms with E-state index in [9.17, 15) is 14.0 Å². The molecule has 4 rings (SSSR count). The number of para-hydroxylation sites is 2. The number of fused-ring (bicyclic) bond motifs is 1. The third kappa shape index (κ3) is 2.86. The number of nitrogens with zero attached hydrogens (tertiary/aromatic N) is 2. The van der Waals surface area contributed by atoms with Gasteiger partial charge in [-0.2, -0.15) is 0 Å². The molecule has 7 heteroatoms. The molecule has 0 radical (unpaired) electrons. The van der Waals surface area contributed by atoms with Crippen molar-refractivity contribution in [3.8, 4) is 5.75 Å². The summed E-state index contributed by atoms with van der Waals surface area (Å²) in [4.78, 5) is 28.5. The molecule has 2 aromatic rings. The van der Waals surface area contributed by atoms with Gasteiger partial charge in [0.2, 0.25) is 11.8 Å². The second-order valence-electron chi connectivity index (χ2n) is 6.28. The summed E-state index contributed by atoms with van der Waals surface area (Å²) in [5.41, 5.74) is 0.900. The number of hydrogen-bond donors (Lipinski definition) is 0. The molecule has 0 saturated carbocycles. The van der Waals surface area contributed by atoms with Gasteiger partial charge < -0.3 is 14.5 Å². The van der Waals surface area contributed by atoms with Crippen LogP contribution in [0.5, 0.6) is 5.75 Å². The van der Waals surface area contributed by atoms with Crippen molar-refractivity contribution in [2.75, 3.05) is 29.5 Å². The fourth-order valence-electron chi connectivity index (χ4n) is 3.45. The van der Waals surface area contributed by atoms with Crippen LogP contribution in [-0.2, 0) is 9.59 Å². The van der Waals surface area contributed by atoms with Crippen LogP contribution in [-0.4, -0.2) is 31.5 Å². The van der Waals surface area contributed by atoms with Gasteiger partial charge in [0, 0.05) is 17.4 Å². The molecule has 0 unspecified atom stereocenters. The van der Waals surface area contributed by atoms with Crippen LogP contribution in [0.3, 0.4) is 0 Å². The first kappa shape index (κ1) is 17.0. The number of ether oxygens (including phenoxy) is 1. The largest absolute Gasteiger partial charge is 0.489 e. The molecule has 1 atom stereocenters. The highest BCUT2D eigenvalue weighted by Crippen LogP contribution is 2.37. The van der Waals surface area contributed by atoms with Gasteiger partial charge in [-0.15, -0.1) is 0 Å². The Hall–Kier alpha value is -2.41. The zero-order valence-corrected chi connectivity index (χ0v) is 15.4. The van der Waals surface area contributed by atoms with Crippen LogP contribution in [0, 0.1) is 11.7 Å². The minimum absolute atomic E-state index is 0.112. The Morgan fingerprint density at radius 1 is 1.19 bits per heavy atom. The first-order valence-corrected chi connectivity index (χ1v) is 9.13. The topological polar surface area (TPSA) is 49.9 Å². The molecule has 2 heterocycles. The lowest BCUT2D eigenvalue weighted by molar-refractivity contribution is -0.124. The highest BCUT2D eigenvalue weighted by Gasteiger charge is 2.40. The summed E-state index contributed by atoms with van der Waals surface area (Å²) in [6, 6.07) is 11.9. The predicted molar refractivity (Wildman–Crippen MR) is 98.9 cm³/mol. The molecular weight excluding hydrogens is 403 g/mol. The fraction of sp³-hybridized carbons (Fsp3) is 0.263. The van der Waals surface area contributed by atoms with E-state index in [1.807, 2.05) is 24.3 Å². The number of carbonyl (C=O) groups is 2. The highest BCUT2D eigenvalue weighted by molar-refractivity contribution is 9.10. The standard InChI is InChI=1S/C19H16BrFN2O3/c20-13-4-1-2-6-15(13)23-11-12(10-17(23)24)19(25)22-8-9-26-16-7-3-5-14(21)18(16)22/h1-7,12H,8-11H2/t12-/m0/s1. The predicted octanol–water partition coefficient (Wildman–Crippen LogP) is 3.37. The molecule has 5 nitrogen and oxygen atoms in total.